The fourth-order valence-corrected chi connectivity index (χ4v) is 2.31. The first-order valence-corrected chi connectivity index (χ1v) is 8.78. The normalized spacial score (nSPS) is 9.96. The summed E-state index contributed by atoms with van der Waals surface area (Å²) < 4.78 is 4.77. The molecule has 0 atom stereocenters. The molecule has 0 aliphatic carbocycles. The van der Waals surface area contributed by atoms with Crippen molar-refractivity contribution in [2.24, 2.45) is 0 Å². The van der Waals surface area contributed by atoms with Gasteiger partial charge in [-0.15, -0.1) is 0 Å². The molecule has 1 aromatic carbocycles. The number of hydrogen-bond acceptors (Lipinski definition) is 5. The summed E-state index contributed by atoms with van der Waals surface area (Å²) in [5.74, 6) is -0.711. The molecule has 0 aliphatic heterocycles. The lowest BCUT2D eigenvalue weighted by Crippen LogP contribution is -2.34. The fraction of sp³-hybridized carbons (Fsp3) is 0.444. The number of ether oxygens (including phenoxy) is 1. The highest BCUT2D eigenvalue weighted by molar-refractivity contribution is 7.80. The van der Waals surface area contributed by atoms with E-state index in [1.165, 1.54) is 0 Å². The lowest BCUT2D eigenvalue weighted by Gasteiger charge is -2.12. The Kier molecular flexibility index (Phi) is 9.29. The number of nitrogens with one attached hydrogen (secondary N) is 2. The molecular weight excluding hydrogens is 354 g/mol. The Morgan fingerprint density at radius 3 is 2.54 bits per heavy atom. The van der Waals surface area contributed by atoms with Crippen LogP contribution in [0.15, 0.2) is 24.3 Å². The van der Waals surface area contributed by atoms with Crippen LogP contribution in [-0.4, -0.2) is 48.5 Å². The Hall–Kier alpha value is -2.48. The molecule has 0 aromatic heterocycles. The zero-order valence-electron chi connectivity index (χ0n) is 15.3. The quantitative estimate of drug-likeness (QED) is 0.530. The van der Waals surface area contributed by atoms with Crippen LogP contribution in [0.5, 0.6) is 0 Å². The molecule has 0 fully saturated rings. The van der Waals surface area contributed by atoms with Crippen molar-refractivity contribution in [3.05, 3.63) is 29.8 Å². The maximum Gasteiger partial charge on any atom is 0.306 e. The Morgan fingerprint density at radius 1 is 1.15 bits per heavy atom. The van der Waals surface area contributed by atoms with Crippen molar-refractivity contribution in [2.45, 2.75) is 32.6 Å². The number of nitrogens with zero attached hydrogens (tertiary/aromatic N) is 1. The smallest absolute Gasteiger partial charge is 0.306 e. The van der Waals surface area contributed by atoms with E-state index in [9.17, 15) is 14.4 Å². The Balaban J connectivity index is 2.46. The van der Waals surface area contributed by atoms with E-state index < -0.39 is 5.97 Å². The summed E-state index contributed by atoms with van der Waals surface area (Å²) >= 11 is 5.11. The molecule has 1 aromatic rings. The van der Waals surface area contributed by atoms with Crippen LogP contribution in [0.1, 0.15) is 31.7 Å². The Morgan fingerprint density at radius 2 is 1.88 bits per heavy atom. The number of hydrogen-bond donors (Lipinski definition) is 2. The largest absolute Gasteiger partial charge is 0.466 e. The lowest BCUT2D eigenvalue weighted by atomic mass is 10.1. The SMILES string of the molecule is CCOC(=O)CCC(=O)NC(=S)Nc1cccc(CCC(=O)N(C)C)c1. The second-order valence-corrected chi connectivity index (χ2v) is 6.20. The molecule has 0 spiro atoms. The van der Waals surface area contributed by atoms with Crippen LogP contribution in [0.25, 0.3) is 0 Å². The third-order valence-corrected chi connectivity index (χ3v) is 3.63. The first kappa shape index (κ1) is 21.6. The van der Waals surface area contributed by atoms with Gasteiger partial charge in [0.15, 0.2) is 5.11 Å². The number of amides is 2. The van der Waals surface area contributed by atoms with Crippen molar-refractivity contribution in [1.29, 1.82) is 0 Å². The minimum Gasteiger partial charge on any atom is -0.466 e. The summed E-state index contributed by atoms with van der Waals surface area (Å²) in [6.45, 7) is 2.00. The van der Waals surface area contributed by atoms with Crippen molar-refractivity contribution in [2.75, 3.05) is 26.0 Å². The zero-order chi connectivity index (χ0) is 19.5. The maximum absolute atomic E-state index is 11.8. The number of rotatable bonds is 8. The van der Waals surface area contributed by atoms with Gasteiger partial charge in [0, 0.05) is 32.6 Å². The Bertz CT molecular complexity index is 662. The molecule has 0 radical (unpaired) electrons. The van der Waals surface area contributed by atoms with Gasteiger partial charge in [0.2, 0.25) is 11.8 Å². The fourth-order valence-electron chi connectivity index (χ4n) is 2.08. The number of carbonyl (C=O) groups is 3. The molecule has 0 unspecified atom stereocenters. The van der Waals surface area contributed by atoms with Gasteiger partial charge in [-0.25, -0.2) is 0 Å². The highest BCUT2D eigenvalue weighted by Crippen LogP contribution is 2.12. The van der Waals surface area contributed by atoms with E-state index in [4.69, 9.17) is 17.0 Å². The van der Waals surface area contributed by atoms with Gasteiger partial charge in [-0.3, -0.25) is 14.4 Å². The van der Waals surface area contributed by atoms with Gasteiger partial charge in [-0.1, -0.05) is 12.1 Å². The van der Waals surface area contributed by atoms with Crippen molar-refractivity contribution in [3.8, 4) is 0 Å². The van der Waals surface area contributed by atoms with Crippen molar-refractivity contribution < 1.29 is 19.1 Å². The number of anilines is 1. The minimum atomic E-state index is -0.415. The van der Waals surface area contributed by atoms with E-state index >= 15 is 0 Å². The molecule has 1 rings (SSSR count). The molecule has 7 nitrogen and oxygen atoms in total. The monoisotopic (exact) mass is 379 g/mol. The van der Waals surface area contributed by atoms with Crippen LogP contribution in [0.2, 0.25) is 0 Å². The summed E-state index contributed by atoms with van der Waals surface area (Å²) in [6.07, 6.45) is 1.06. The van der Waals surface area contributed by atoms with Gasteiger partial charge in [-0.05, 0) is 43.3 Å². The van der Waals surface area contributed by atoms with E-state index in [0.717, 1.165) is 11.3 Å². The lowest BCUT2D eigenvalue weighted by molar-refractivity contribution is -0.144. The molecule has 2 amide bonds. The van der Waals surface area contributed by atoms with E-state index in [1.54, 1.807) is 25.9 Å². The average molecular weight is 379 g/mol. The molecular formula is C18H25N3O4S. The average Bonchev–Trinajstić information content (AvgIpc) is 2.58. The number of carbonyl (C=O) groups excluding carboxylic acids is 3. The van der Waals surface area contributed by atoms with E-state index in [2.05, 4.69) is 10.6 Å². The summed E-state index contributed by atoms with van der Waals surface area (Å²) in [5.41, 5.74) is 1.71. The van der Waals surface area contributed by atoms with Crippen molar-refractivity contribution in [1.82, 2.24) is 10.2 Å². The molecule has 0 aliphatic rings. The maximum atomic E-state index is 11.8. The summed E-state index contributed by atoms with van der Waals surface area (Å²) in [7, 11) is 3.45. The zero-order valence-corrected chi connectivity index (χ0v) is 16.1. The van der Waals surface area contributed by atoms with Gasteiger partial charge in [0.1, 0.15) is 0 Å². The number of aryl methyl sites for hydroxylation is 1. The summed E-state index contributed by atoms with van der Waals surface area (Å²) in [4.78, 5) is 36.2. The van der Waals surface area contributed by atoms with Gasteiger partial charge < -0.3 is 20.3 Å². The summed E-state index contributed by atoms with van der Waals surface area (Å²) in [6, 6.07) is 7.46. The molecule has 2 N–H and O–H groups in total. The standard InChI is InChI=1S/C18H25N3O4S/c1-4-25-17(24)11-9-15(22)20-18(26)19-14-7-5-6-13(12-14)8-10-16(23)21(2)3/h5-7,12H,4,8-11H2,1-3H3,(H2,19,20,22,26). The van der Waals surface area contributed by atoms with Crippen LogP contribution in [-0.2, 0) is 25.5 Å². The predicted octanol–water partition coefficient (Wildman–Crippen LogP) is 1.86. The highest BCUT2D eigenvalue weighted by Gasteiger charge is 2.10. The van der Waals surface area contributed by atoms with Crippen molar-refractivity contribution in [3.63, 3.8) is 0 Å². The number of thiocarbonyl (C=S) groups is 1. The van der Waals surface area contributed by atoms with Gasteiger partial charge in [-0.2, -0.15) is 0 Å². The number of esters is 1. The van der Waals surface area contributed by atoms with E-state index in [-0.39, 0.29) is 36.4 Å². The van der Waals surface area contributed by atoms with E-state index in [0.29, 0.717) is 12.8 Å². The molecule has 8 heteroatoms. The molecule has 0 heterocycles. The molecule has 0 saturated carbocycles. The topological polar surface area (TPSA) is 87.7 Å². The second kappa shape index (κ2) is 11.2. The van der Waals surface area contributed by atoms with Crippen LogP contribution >= 0.6 is 12.2 Å². The van der Waals surface area contributed by atoms with Crippen LogP contribution in [0.3, 0.4) is 0 Å². The Labute approximate surface area is 159 Å². The van der Waals surface area contributed by atoms with Crippen LogP contribution < -0.4 is 10.6 Å². The molecule has 0 saturated heterocycles. The van der Waals surface area contributed by atoms with E-state index in [1.807, 2.05) is 24.3 Å². The van der Waals surface area contributed by atoms with Crippen LogP contribution in [0, 0.1) is 0 Å². The van der Waals surface area contributed by atoms with Gasteiger partial charge in [0.25, 0.3) is 0 Å². The predicted molar refractivity (Wildman–Crippen MR) is 104 cm³/mol. The molecule has 142 valence electrons. The highest BCUT2D eigenvalue weighted by atomic mass is 32.1. The third-order valence-electron chi connectivity index (χ3n) is 3.43. The van der Waals surface area contributed by atoms with Crippen LogP contribution in [0.4, 0.5) is 5.69 Å². The first-order valence-electron chi connectivity index (χ1n) is 8.37. The van der Waals surface area contributed by atoms with Gasteiger partial charge in [0.05, 0.1) is 13.0 Å². The minimum absolute atomic E-state index is 0.00728. The second-order valence-electron chi connectivity index (χ2n) is 5.80. The van der Waals surface area contributed by atoms with Crippen molar-refractivity contribution >= 4 is 40.8 Å². The summed E-state index contributed by atoms with van der Waals surface area (Å²) in [5, 5.41) is 5.60. The molecule has 26 heavy (non-hydrogen) atoms. The first-order chi connectivity index (χ1) is 12.3. The molecule has 0 bridgehead atoms. The number of benzene rings is 1. The third kappa shape index (κ3) is 8.57. The van der Waals surface area contributed by atoms with Gasteiger partial charge >= 0.3 is 5.97 Å².